The summed E-state index contributed by atoms with van der Waals surface area (Å²) < 4.78 is 2.16. The van der Waals surface area contributed by atoms with Crippen molar-refractivity contribution in [2.45, 2.75) is 13.3 Å². The van der Waals surface area contributed by atoms with Gasteiger partial charge in [-0.3, -0.25) is 4.40 Å². The Balaban J connectivity index is 1.71. The summed E-state index contributed by atoms with van der Waals surface area (Å²) in [6.07, 6.45) is 3.04. The standard InChI is InChI=1S/C18H20ClN5/c1-2-14-10-24-16-5-13(19)3-4-15(16)22-17(18(24)21-14)23-8-11-6-20-7-12(11)9-23/h3-5,10-12,20H,2,6-9H2,1H3. The van der Waals surface area contributed by atoms with Crippen molar-refractivity contribution in [2.24, 2.45) is 11.8 Å². The second-order valence-corrected chi connectivity index (χ2v) is 7.37. The van der Waals surface area contributed by atoms with Gasteiger partial charge in [0.25, 0.3) is 0 Å². The van der Waals surface area contributed by atoms with Crippen LogP contribution in [0.15, 0.2) is 24.4 Å². The van der Waals surface area contributed by atoms with Crippen LogP contribution in [0.5, 0.6) is 0 Å². The smallest absolute Gasteiger partial charge is 0.181 e. The summed E-state index contributed by atoms with van der Waals surface area (Å²) in [4.78, 5) is 12.2. The molecule has 124 valence electrons. The number of halogens is 1. The summed E-state index contributed by atoms with van der Waals surface area (Å²) in [5.74, 6) is 2.47. The van der Waals surface area contributed by atoms with Crippen molar-refractivity contribution < 1.29 is 0 Å². The number of nitrogens with one attached hydrogen (secondary N) is 1. The van der Waals surface area contributed by atoms with E-state index in [1.807, 2.05) is 18.2 Å². The summed E-state index contributed by atoms with van der Waals surface area (Å²) >= 11 is 6.21. The SMILES string of the molecule is CCc1cn2c(n1)c(N1CC3CNCC3C1)nc1ccc(Cl)cc12. The zero-order chi connectivity index (χ0) is 16.3. The van der Waals surface area contributed by atoms with Gasteiger partial charge in [0.1, 0.15) is 0 Å². The average Bonchev–Trinajstić information content (AvgIpc) is 3.27. The minimum atomic E-state index is 0.729. The van der Waals surface area contributed by atoms with Gasteiger partial charge in [-0.2, -0.15) is 0 Å². The van der Waals surface area contributed by atoms with Crippen LogP contribution in [0.25, 0.3) is 16.7 Å². The van der Waals surface area contributed by atoms with Gasteiger partial charge in [-0.25, -0.2) is 9.97 Å². The molecule has 2 fully saturated rings. The maximum atomic E-state index is 6.21. The molecule has 3 aromatic rings. The predicted molar refractivity (Wildman–Crippen MR) is 96.9 cm³/mol. The fourth-order valence-electron chi connectivity index (χ4n) is 4.13. The number of hydrogen-bond acceptors (Lipinski definition) is 4. The van der Waals surface area contributed by atoms with Crippen LogP contribution in [-0.2, 0) is 6.42 Å². The number of aromatic nitrogens is 3. The van der Waals surface area contributed by atoms with E-state index in [1.54, 1.807) is 0 Å². The Morgan fingerprint density at radius 3 is 2.75 bits per heavy atom. The summed E-state index contributed by atoms with van der Waals surface area (Å²) in [6.45, 7) is 6.50. The van der Waals surface area contributed by atoms with Crippen molar-refractivity contribution in [3.05, 3.63) is 35.1 Å². The molecule has 0 bridgehead atoms. The highest BCUT2D eigenvalue weighted by Gasteiger charge is 2.37. The van der Waals surface area contributed by atoms with Gasteiger partial charge in [-0.15, -0.1) is 0 Å². The van der Waals surface area contributed by atoms with Gasteiger partial charge in [0.2, 0.25) is 0 Å². The molecular formula is C18H20ClN5. The Kier molecular flexibility index (Phi) is 3.22. The van der Waals surface area contributed by atoms with Crippen LogP contribution < -0.4 is 10.2 Å². The minimum absolute atomic E-state index is 0.729. The van der Waals surface area contributed by atoms with Crippen molar-refractivity contribution in [3.63, 3.8) is 0 Å². The van der Waals surface area contributed by atoms with Gasteiger partial charge in [-0.05, 0) is 36.5 Å². The Hall–Kier alpha value is -1.85. The second kappa shape index (κ2) is 5.33. The molecule has 0 aliphatic carbocycles. The Morgan fingerprint density at radius 1 is 1.21 bits per heavy atom. The molecule has 1 N–H and O–H groups in total. The number of benzene rings is 1. The normalized spacial score (nSPS) is 23.5. The third-order valence-corrected chi connectivity index (χ3v) is 5.67. The number of anilines is 1. The molecule has 5 nitrogen and oxygen atoms in total. The molecule has 0 spiro atoms. The number of imidazole rings is 1. The van der Waals surface area contributed by atoms with Gasteiger partial charge < -0.3 is 10.2 Å². The van der Waals surface area contributed by atoms with E-state index >= 15 is 0 Å². The van der Waals surface area contributed by atoms with E-state index < -0.39 is 0 Å². The zero-order valence-electron chi connectivity index (χ0n) is 13.7. The highest BCUT2D eigenvalue weighted by Crippen LogP contribution is 2.33. The topological polar surface area (TPSA) is 45.5 Å². The highest BCUT2D eigenvalue weighted by molar-refractivity contribution is 6.31. The largest absolute Gasteiger partial charge is 0.353 e. The first-order valence-electron chi connectivity index (χ1n) is 8.66. The maximum absolute atomic E-state index is 6.21. The van der Waals surface area contributed by atoms with Crippen LogP contribution in [0.4, 0.5) is 5.82 Å². The summed E-state index contributed by atoms with van der Waals surface area (Å²) in [6, 6.07) is 5.89. The number of rotatable bonds is 2. The molecule has 1 aromatic carbocycles. The fourth-order valence-corrected chi connectivity index (χ4v) is 4.30. The maximum Gasteiger partial charge on any atom is 0.181 e. The lowest BCUT2D eigenvalue weighted by atomic mass is 10.0. The first kappa shape index (κ1) is 14.5. The van der Waals surface area contributed by atoms with Gasteiger partial charge >= 0.3 is 0 Å². The number of fused-ring (bicyclic) bond motifs is 4. The van der Waals surface area contributed by atoms with Crippen molar-refractivity contribution in [1.29, 1.82) is 0 Å². The van der Waals surface area contributed by atoms with E-state index in [0.29, 0.717) is 0 Å². The average molecular weight is 342 g/mol. The van der Waals surface area contributed by atoms with E-state index in [-0.39, 0.29) is 0 Å². The molecule has 6 heteroatoms. The molecule has 0 radical (unpaired) electrons. The monoisotopic (exact) mass is 341 g/mol. The molecule has 4 heterocycles. The highest BCUT2D eigenvalue weighted by atomic mass is 35.5. The van der Waals surface area contributed by atoms with Crippen molar-refractivity contribution in [3.8, 4) is 0 Å². The number of hydrogen-bond donors (Lipinski definition) is 1. The molecule has 2 unspecified atom stereocenters. The van der Waals surface area contributed by atoms with Crippen molar-refractivity contribution in [1.82, 2.24) is 19.7 Å². The first-order valence-corrected chi connectivity index (χ1v) is 9.03. The van der Waals surface area contributed by atoms with Crippen LogP contribution in [0, 0.1) is 11.8 Å². The van der Waals surface area contributed by atoms with Gasteiger partial charge in [0, 0.05) is 37.4 Å². The Labute approximate surface area is 145 Å². The van der Waals surface area contributed by atoms with Crippen LogP contribution in [0.2, 0.25) is 5.02 Å². The number of aryl methyl sites for hydroxylation is 1. The molecule has 2 aliphatic heterocycles. The van der Waals surface area contributed by atoms with Crippen molar-refractivity contribution >= 4 is 34.1 Å². The Morgan fingerprint density at radius 2 is 2.00 bits per heavy atom. The zero-order valence-corrected chi connectivity index (χ0v) is 14.4. The van der Waals surface area contributed by atoms with Crippen LogP contribution in [0.1, 0.15) is 12.6 Å². The van der Waals surface area contributed by atoms with E-state index in [0.717, 1.165) is 77.7 Å². The van der Waals surface area contributed by atoms with Crippen LogP contribution in [-0.4, -0.2) is 40.5 Å². The third kappa shape index (κ3) is 2.11. The molecule has 2 saturated heterocycles. The molecule has 0 saturated carbocycles. The fraction of sp³-hybridized carbons (Fsp3) is 0.444. The van der Waals surface area contributed by atoms with E-state index in [9.17, 15) is 0 Å². The first-order chi connectivity index (χ1) is 11.7. The van der Waals surface area contributed by atoms with Gasteiger partial charge in [0.15, 0.2) is 11.5 Å². The van der Waals surface area contributed by atoms with E-state index in [4.69, 9.17) is 21.6 Å². The molecule has 5 rings (SSSR count). The third-order valence-electron chi connectivity index (χ3n) is 5.43. The molecular weight excluding hydrogens is 322 g/mol. The van der Waals surface area contributed by atoms with E-state index in [1.165, 1.54) is 0 Å². The number of nitrogens with zero attached hydrogens (tertiary/aromatic N) is 4. The quantitative estimate of drug-likeness (QED) is 0.778. The lowest BCUT2D eigenvalue weighted by Crippen LogP contribution is -2.26. The van der Waals surface area contributed by atoms with Gasteiger partial charge in [-0.1, -0.05) is 18.5 Å². The lowest BCUT2D eigenvalue weighted by Gasteiger charge is -2.20. The molecule has 24 heavy (non-hydrogen) atoms. The second-order valence-electron chi connectivity index (χ2n) is 6.93. The summed E-state index contributed by atoms with van der Waals surface area (Å²) in [5.41, 5.74) is 4.03. The van der Waals surface area contributed by atoms with Crippen molar-refractivity contribution in [2.75, 3.05) is 31.1 Å². The molecule has 2 aliphatic rings. The predicted octanol–water partition coefficient (Wildman–Crippen LogP) is 2.75. The summed E-state index contributed by atoms with van der Waals surface area (Å²) in [7, 11) is 0. The minimum Gasteiger partial charge on any atom is -0.353 e. The lowest BCUT2D eigenvalue weighted by molar-refractivity contribution is 0.533. The molecule has 2 aromatic heterocycles. The van der Waals surface area contributed by atoms with Crippen LogP contribution >= 0.6 is 11.6 Å². The molecule has 0 amide bonds. The van der Waals surface area contributed by atoms with Gasteiger partial charge in [0.05, 0.1) is 16.7 Å². The Bertz CT molecular complexity index is 922. The van der Waals surface area contributed by atoms with Crippen LogP contribution in [0.3, 0.4) is 0 Å². The molecule has 2 atom stereocenters. The van der Waals surface area contributed by atoms with E-state index in [2.05, 4.69) is 27.7 Å². The summed E-state index contributed by atoms with van der Waals surface area (Å²) in [5, 5.41) is 4.23.